The van der Waals surface area contributed by atoms with E-state index >= 15 is 0 Å². The molecule has 7 nitrogen and oxygen atoms in total. The number of carbonyl (C=O) groups is 1. The highest BCUT2D eigenvalue weighted by Crippen LogP contribution is 2.28. The van der Waals surface area contributed by atoms with Crippen molar-refractivity contribution in [3.8, 4) is 5.69 Å². The fraction of sp³-hybridized carbons (Fsp3) is 0.0833. The van der Waals surface area contributed by atoms with Gasteiger partial charge in [-0.15, -0.1) is 0 Å². The van der Waals surface area contributed by atoms with E-state index < -0.39 is 15.9 Å². The van der Waals surface area contributed by atoms with Crippen LogP contribution >= 0.6 is 11.6 Å². The van der Waals surface area contributed by atoms with Gasteiger partial charge in [0.05, 0.1) is 32.5 Å². The molecule has 0 saturated heterocycles. The van der Waals surface area contributed by atoms with Crippen LogP contribution < -0.4 is 9.62 Å². The molecular weight excluding hydrogens is 460 g/mol. The lowest BCUT2D eigenvalue weighted by Crippen LogP contribution is -2.31. The first kappa shape index (κ1) is 22.6. The molecule has 9 heteroatoms. The molecule has 0 radical (unpaired) electrons. The summed E-state index contributed by atoms with van der Waals surface area (Å²) in [6, 6.07) is 21.8. The molecular formula is C24H21ClN4O3S. The maximum Gasteiger partial charge on any atom is 0.264 e. The van der Waals surface area contributed by atoms with Crippen molar-refractivity contribution in [3.05, 3.63) is 102 Å². The molecule has 0 aliphatic rings. The van der Waals surface area contributed by atoms with Crippen LogP contribution in [0.25, 0.3) is 5.69 Å². The van der Waals surface area contributed by atoms with Crippen molar-refractivity contribution in [1.29, 1.82) is 0 Å². The molecule has 3 aromatic carbocycles. The molecule has 1 N–H and O–H groups in total. The molecule has 1 aromatic heterocycles. The lowest BCUT2D eigenvalue weighted by atomic mass is 10.2. The van der Waals surface area contributed by atoms with Crippen LogP contribution in [0.5, 0.6) is 0 Å². The van der Waals surface area contributed by atoms with Crippen molar-refractivity contribution in [2.24, 2.45) is 0 Å². The van der Waals surface area contributed by atoms with E-state index in [1.807, 2.05) is 18.2 Å². The Labute approximate surface area is 197 Å². The van der Waals surface area contributed by atoms with E-state index in [1.165, 1.54) is 22.5 Å². The van der Waals surface area contributed by atoms with Gasteiger partial charge in [0.25, 0.3) is 15.9 Å². The van der Waals surface area contributed by atoms with Crippen LogP contribution in [0.15, 0.2) is 96.2 Å². The van der Waals surface area contributed by atoms with Gasteiger partial charge >= 0.3 is 0 Å². The van der Waals surface area contributed by atoms with Crippen molar-refractivity contribution in [2.75, 3.05) is 16.2 Å². The normalized spacial score (nSPS) is 11.2. The molecule has 33 heavy (non-hydrogen) atoms. The van der Waals surface area contributed by atoms with Gasteiger partial charge in [-0.3, -0.25) is 9.10 Å². The zero-order valence-electron chi connectivity index (χ0n) is 17.7. The smallest absolute Gasteiger partial charge is 0.264 e. The Morgan fingerprint density at radius 1 is 1.03 bits per heavy atom. The third-order valence-electron chi connectivity index (χ3n) is 5.01. The summed E-state index contributed by atoms with van der Waals surface area (Å²) in [5.74, 6) is -0.528. The minimum atomic E-state index is -3.91. The number of rotatable bonds is 7. The average Bonchev–Trinajstić information content (AvgIpc) is 3.35. The molecule has 0 aliphatic carbocycles. The zero-order chi connectivity index (χ0) is 23.4. The van der Waals surface area contributed by atoms with Gasteiger partial charge in [-0.25, -0.2) is 13.1 Å². The molecule has 1 heterocycles. The van der Waals surface area contributed by atoms with Crippen LogP contribution in [0.2, 0.25) is 5.02 Å². The van der Waals surface area contributed by atoms with E-state index in [0.29, 0.717) is 17.1 Å². The van der Waals surface area contributed by atoms with Crippen LogP contribution in [-0.4, -0.2) is 30.7 Å². The number of hydrogen-bond donors (Lipinski definition) is 1. The lowest BCUT2D eigenvalue weighted by Gasteiger charge is -2.23. The predicted molar refractivity (Wildman–Crippen MR) is 130 cm³/mol. The molecule has 0 unspecified atom stereocenters. The standard InChI is InChI=1S/C24H21ClN4O3S/c1-2-29(18-9-4-3-5-10-18)33(31,32)19-13-14-21(25)20(17-19)24(30)27-22-11-6-7-12-23(22)28-16-8-15-26-28/h3-17H,2H2,1H3,(H,27,30). The third kappa shape index (κ3) is 4.62. The van der Waals surface area contributed by atoms with Gasteiger partial charge in [-0.1, -0.05) is 41.9 Å². The molecule has 0 bridgehead atoms. The Kier molecular flexibility index (Phi) is 6.48. The fourth-order valence-electron chi connectivity index (χ4n) is 3.43. The second kappa shape index (κ2) is 9.48. The van der Waals surface area contributed by atoms with Crippen molar-refractivity contribution < 1.29 is 13.2 Å². The summed E-state index contributed by atoms with van der Waals surface area (Å²) in [7, 11) is -3.91. The summed E-state index contributed by atoms with van der Waals surface area (Å²) >= 11 is 6.29. The average molecular weight is 481 g/mol. The number of amides is 1. The van der Waals surface area contributed by atoms with Crippen LogP contribution in [0.1, 0.15) is 17.3 Å². The lowest BCUT2D eigenvalue weighted by molar-refractivity contribution is 0.102. The molecule has 1 amide bonds. The minimum Gasteiger partial charge on any atom is -0.320 e. The van der Waals surface area contributed by atoms with Gasteiger partial charge in [0.2, 0.25) is 0 Å². The van der Waals surface area contributed by atoms with Crippen LogP contribution in [0.3, 0.4) is 0 Å². The Morgan fingerprint density at radius 2 is 1.76 bits per heavy atom. The molecule has 0 atom stereocenters. The topological polar surface area (TPSA) is 84.3 Å². The quantitative estimate of drug-likeness (QED) is 0.403. The first-order valence-electron chi connectivity index (χ1n) is 10.2. The van der Waals surface area contributed by atoms with E-state index in [1.54, 1.807) is 66.5 Å². The number of nitrogens with one attached hydrogen (secondary N) is 1. The SMILES string of the molecule is CCN(c1ccccc1)S(=O)(=O)c1ccc(Cl)c(C(=O)Nc2ccccc2-n2cccn2)c1. The van der Waals surface area contributed by atoms with Gasteiger partial charge in [0, 0.05) is 18.9 Å². The molecule has 4 aromatic rings. The van der Waals surface area contributed by atoms with Gasteiger partial charge in [-0.05, 0) is 55.5 Å². The Bertz CT molecular complexity index is 1370. The number of halogens is 1. The summed E-state index contributed by atoms with van der Waals surface area (Å²) < 4.78 is 29.6. The van der Waals surface area contributed by atoms with Crippen molar-refractivity contribution in [3.63, 3.8) is 0 Å². The van der Waals surface area contributed by atoms with E-state index in [2.05, 4.69) is 10.4 Å². The first-order chi connectivity index (χ1) is 15.9. The Balaban J connectivity index is 1.68. The summed E-state index contributed by atoms with van der Waals surface area (Å²) in [6.45, 7) is 1.98. The summed E-state index contributed by atoms with van der Waals surface area (Å²) in [4.78, 5) is 13.1. The van der Waals surface area contributed by atoms with Crippen LogP contribution in [0.4, 0.5) is 11.4 Å². The number of hydrogen-bond acceptors (Lipinski definition) is 4. The van der Waals surface area contributed by atoms with E-state index in [4.69, 9.17) is 11.6 Å². The Morgan fingerprint density at radius 3 is 2.45 bits per heavy atom. The Hall–Kier alpha value is -3.62. The van der Waals surface area contributed by atoms with Gasteiger partial charge < -0.3 is 5.32 Å². The monoisotopic (exact) mass is 480 g/mol. The number of nitrogens with zero attached hydrogens (tertiary/aromatic N) is 3. The van der Waals surface area contributed by atoms with Crippen LogP contribution in [-0.2, 0) is 10.0 Å². The second-order valence-corrected chi connectivity index (χ2v) is 9.34. The summed E-state index contributed by atoms with van der Waals surface area (Å²) in [6.07, 6.45) is 3.39. The predicted octanol–water partition coefficient (Wildman–Crippen LogP) is 4.99. The molecule has 0 fully saturated rings. The van der Waals surface area contributed by atoms with E-state index in [0.717, 1.165) is 0 Å². The minimum absolute atomic E-state index is 0.0249. The zero-order valence-corrected chi connectivity index (χ0v) is 19.3. The van der Waals surface area contributed by atoms with Crippen LogP contribution in [0, 0.1) is 0 Å². The highest BCUT2D eigenvalue weighted by molar-refractivity contribution is 7.92. The maximum atomic E-state index is 13.4. The highest BCUT2D eigenvalue weighted by Gasteiger charge is 2.25. The first-order valence-corrected chi connectivity index (χ1v) is 12.0. The number of anilines is 2. The number of benzene rings is 3. The van der Waals surface area contributed by atoms with Crippen molar-refractivity contribution >= 4 is 38.9 Å². The van der Waals surface area contributed by atoms with Crippen molar-refractivity contribution in [2.45, 2.75) is 11.8 Å². The fourth-order valence-corrected chi connectivity index (χ4v) is 5.14. The molecule has 0 spiro atoms. The van der Waals surface area contributed by atoms with Gasteiger partial charge in [0.1, 0.15) is 0 Å². The maximum absolute atomic E-state index is 13.4. The number of sulfonamides is 1. The summed E-state index contributed by atoms with van der Waals surface area (Å²) in [5, 5.41) is 7.16. The molecule has 168 valence electrons. The number of aromatic nitrogens is 2. The molecule has 0 aliphatic heterocycles. The largest absolute Gasteiger partial charge is 0.320 e. The molecule has 4 rings (SSSR count). The highest BCUT2D eigenvalue weighted by atomic mass is 35.5. The second-order valence-electron chi connectivity index (χ2n) is 7.07. The van der Waals surface area contributed by atoms with Gasteiger partial charge in [0.15, 0.2) is 0 Å². The molecule has 0 saturated carbocycles. The van der Waals surface area contributed by atoms with E-state index in [-0.39, 0.29) is 22.0 Å². The number of para-hydroxylation sites is 3. The third-order valence-corrected chi connectivity index (χ3v) is 7.23. The van der Waals surface area contributed by atoms with E-state index in [9.17, 15) is 13.2 Å². The summed E-state index contributed by atoms with van der Waals surface area (Å²) in [5.41, 5.74) is 1.76. The number of carbonyl (C=O) groups excluding carboxylic acids is 1. The van der Waals surface area contributed by atoms with Gasteiger partial charge in [-0.2, -0.15) is 5.10 Å². The van der Waals surface area contributed by atoms with Crippen molar-refractivity contribution in [1.82, 2.24) is 9.78 Å².